The van der Waals surface area contributed by atoms with Crippen molar-refractivity contribution in [3.63, 3.8) is 0 Å². The van der Waals surface area contributed by atoms with Crippen molar-refractivity contribution in [1.29, 1.82) is 0 Å². The Hall–Kier alpha value is -1.30. The van der Waals surface area contributed by atoms with Gasteiger partial charge in [-0.1, -0.05) is 27.7 Å². The molecule has 18 atom stereocenters. The van der Waals surface area contributed by atoms with E-state index in [1.54, 1.807) is 41.5 Å². The van der Waals surface area contributed by atoms with Crippen LogP contribution in [0.15, 0.2) is 0 Å². The molecule has 3 aliphatic heterocycles. The molecule has 0 amide bonds. The lowest BCUT2D eigenvalue weighted by molar-refractivity contribution is -0.318. The zero-order valence-electron chi connectivity index (χ0n) is 32.9. The van der Waals surface area contributed by atoms with Gasteiger partial charge in [-0.15, -0.1) is 0 Å². The van der Waals surface area contributed by atoms with Crippen LogP contribution in [0.4, 0.5) is 0 Å². The fraction of sp³-hybridized carbons (Fsp3) is 0.946. The van der Waals surface area contributed by atoms with Gasteiger partial charge in [-0.2, -0.15) is 0 Å². The molecule has 5 N–H and O–H groups in total. The molecule has 3 heterocycles. The van der Waals surface area contributed by atoms with E-state index in [0.29, 0.717) is 6.42 Å². The van der Waals surface area contributed by atoms with Crippen molar-refractivity contribution in [3.05, 3.63) is 0 Å². The third-order valence-corrected chi connectivity index (χ3v) is 11.8. The number of likely N-dealkylation sites (N-methyl/N-ethyl adjacent to an activating group) is 1. The van der Waals surface area contributed by atoms with E-state index in [1.807, 2.05) is 25.9 Å². The lowest BCUT2D eigenvalue weighted by atomic mass is 9.74. The number of aliphatic hydroxyl groups excluding tert-OH is 3. The third kappa shape index (κ3) is 9.51. The van der Waals surface area contributed by atoms with Crippen LogP contribution >= 0.6 is 0 Å². The second kappa shape index (κ2) is 17.0. The van der Waals surface area contributed by atoms with Crippen LogP contribution < -0.4 is 0 Å². The van der Waals surface area contributed by atoms with Gasteiger partial charge in [0.2, 0.25) is 0 Å². The Morgan fingerprint density at radius 3 is 2.04 bits per heavy atom. The zero-order chi connectivity index (χ0) is 39.0. The van der Waals surface area contributed by atoms with Crippen LogP contribution in [0.2, 0.25) is 0 Å². The maximum atomic E-state index is 14.1. The molecule has 14 heteroatoms. The molecule has 0 aromatic rings. The second-order valence-electron chi connectivity index (χ2n) is 16.5. The number of carbonyl (C=O) groups is 2. The van der Waals surface area contributed by atoms with Crippen molar-refractivity contribution in [2.75, 3.05) is 21.2 Å². The average molecular weight is 734 g/mol. The Balaban J connectivity index is 2.18. The number of ether oxygens (including phenoxy) is 6. The average Bonchev–Trinajstić information content (AvgIpc) is 3.05. The molecule has 3 aliphatic rings. The molecule has 298 valence electrons. The maximum Gasteiger partial charge on any atom is 0.311 e. The molecule has 0 aromatic heterocycles. The standard InChI is InChI=1S/C37H67NO13/c1-14-25-37(10,45)30(41)20(4)27(39)18(2)16-35(8,44)32(51-34-28(40)24(38(11)12)15-19(3)47-34)21(5)29(22(6)33(43)49-25)50-26-17-36(9,46-13)31(42)23(7)48-26/h18-26,28-32,34,40-42,44-45H,14-17H2,1-13H3/t18-,19+,20+,21+,22-,23+,24-,25+,26-,28+,29+,30-,31+,32-,34-,35-,36-,37-/m1/s1. The Morgan fingerprint density at radius 1 is 0.882 bits per heavy atom. The number of ketones is 1. The summed E-state index contributed by atoms with van der Waals surface area (Å²) in [4.78, 5) is 29.8. The van der Waals surface area contributed by atoms with Crippen LogP contribution in [-0.2, 0) is 38.0 Å². The van der Waals surface area contributed by atoms with Gasteiger partial charge in [0.25, 0.3) is 0 Å². The van der Waals surface area contributed by atoms with E-state index < -0.39 is 108 Å². The molecule has 0 unspecified atom stereocenters. The van der Waals surface area contributed by atoms with E-state index in [2.05, 4.69) is 0 Å². The molecule has 0 aliphatic carbocycles. The van der Waals surface area contributed by atoms with E-state index in [4.69, 9.17) is 28.4 Å². The Kier molecular flexibility index (Phi) is 14.7. The summed E-state index contributed by atoms with van der Waals surface area (Å²) in [5.41, 5.74) is -4.84. The highest BCUT2D eigenvalue weighted by Crippen LogP contribution is 2.40. The van der Waals surface area contributed by atoms with E-state index in [9.17, 15) is 35.1 Å². The minimum absolute atomic E-state index is 0.0936. The largest absolute Gasteiger partial charge is 0.459 e. The van der Waals surface area contributed by atoms with Crippen molar-refractivity contribution in [2.24, 2.45) is 23.7 Å². The van der Waals surface area contributed by atoms with Crippen molar-refractivity contribution in [3.8, 4) is 0 Å². The summed E-state index contributed by atoms with van der Waals surface area (Å²) in [6, 6.07) is -0.324. The van der Waals surface area contributed by atoms with E-state index in [1.165, 1.54) is 27.9 Å². The van der Waals surface area contributed by atoms with Gasteiger partial charge in [0.15, 0.2) is 12.6 Å². The highest BCUT2D eigenvalue weighted by molar-refractivity contribution is 5.83. The molecule has 3 fully saturated rings. The first kappa shape index (κ1) is 44.1. The van der Waals surface area contributed by atoms with E-state index in [0.717, 1.165) is 0 Å². The number of esters is 1. The lowest BCUT2D eigenvalue weighted by Gasteiger charge is -2.49. The first-order chi connectivity index (χ1) is 23.4. The molecule has 3 rings (SSSR count). The predicted octanol–water partition coefficient (Wildman–Crippen LogP) is 1.79. The van der Waals surface area contributed by atoms with Crippen molar-refractivity contribution in [1.82, 2.24) is 4.90 Å². The van der Waals surface area contributed by atoms with Gasteiger partial charge in [0.1, 0.15) is 29.7 Å². The van der Waals surface area contributed by atoms with Gasteiger partial charge < -0.3 is 58.9 Å². The third-order valence-electron chi connectivity index (χ3n) is 11.8. The second-order valence-corrected chi connectivity index (χ2v) is 16.5. The molecule has 0 spiro atoms. The lowest BCUT2D eigenvalue weighted by Crippen LogP contribution is -2.61. The van der Waals surface area contributed by atoms with Crippen LogP contribution in [0.1, 0.15) is 94.9 Å². The summed E-state index contributed by atoms with van der Waals surface area (Å²) in [6.07, 6.45) is -9.71. The number of carbonyl (C=O) groups excluding carboxylic acids is 2. The van der Waals surface area contributed by atoms with E-state index >= 15 is 0 Å². The topological polar surface area (TPSA) is 194 Å². The van der Waals surface area contributed by atoms with Crippen molar-refractivity contribution in [2.45, 2.75) is 179 Å². The van der Waals surface area contributed by atoms with Crippen LogP contribution in [0.25, 0.3) is 0 Å². The SMILES string of the molecule is CC[C@@H]1OC(=O)[C@H](C)[C@@H](O[C@@H]2C[C@@](C)(OC)[C@@H](O)[C@H](C)O2)[C@H](C)[C@@H](O[C@H]2O[C@@H](C)C[C@@H](N(C)C)[C@@H]2O)[C@](C)(O)C[C@@H](C)C(=O)[C@H](C)[C@@H](O)[C@]1(C)O. The number of nitrogens with zero attached hydrogens (tertiary/aromatic N) is 1. The molecule has 0 aromatic carbocycles. The van der Waals surface area contributed by atoms with Gasteiger partial charge in [-0.05, 0) is 74.9 Å². The smallest absolute Gasteiger partial charge is 0.311 e. The van der Waals surface area contributed by atoms with E-state index in [-0.39, 0.29) is 31.4 Å². The number of hydrogen-bond acceptors (Lipinski definition) is 14. The van der Waals surface area contributed by atoms with Gasteiger partial charge in [-0.3, -0.25) is 9.59 Å². The molecule has 0 bridgehead atoms. The van der Waals surface area contributed by atoms with Crippen LogP contribution in [0.5, 0.6) is 0 Å². The number of hydrogen-bond donors (Lipinski definition) is 5. The number of Topliss-reactive ketones (excluding diaryl/α,β-unsaturated/α-hetero) is 1. The Bertz CT molecular complexity index is 1170. The van der Waals surface area contributed by atoms with Gasteiger partial charge in [-0.25, -0.2) is 0 Å². The fourth-order valence-corrected chi connectivity index (χ4v) is 8.41. The first-order valence-electron chi connectivity index (χ1n) is 18.5. The summed E-state index contributed by atoms with van der Waals surface area (Å²) in [5, 5.41) is 57.6. The normalized spacial score (nSPS) is 49.7. The summed E-state index contributed by atoms with van der Waals surface area (Å²) in [6.45, 7) is 16.3. The van der Waals surface area contributed by atoms with Crippen molar-refractivity contribution < 1.29 is 63.5 Å². The molecule has 14 nitrogen and oxygen atoms in total. The van der Waals surface area contributed by atoms with Gasteiger partial charge in [0, 0.05) is 37.3 Å². The quantitative estimate of drug-likeness (QED) is 0.238. The summed E-state index contributed by atoms with van der Waals surface area (Å²) < 4.78 is 37.1. The zero-order valence-corrected chi connectivity index (χ0v) is 32.9. The van der Waals surface area contributed by atoms with Crippen molar-refractivity contribution >= 4 is 11.8 Å². The summed E-state index contributed by atoms with van der Waals surface area (Å²) in [7, 11) is 5.18. The van der Waals surface area contributed by atoms with Gasteiger partial charge in [0.05, 0.1) is 47.6 Å². The molecule has 0 saturated carbocycles. The van der Waals surface area contributed by atoms with Crippen LogP contribution in [0.3, 0.4) is 0 Å². The van der Waals surface area contributed by atoms with Crippen LogP contribution in [-0.4, -0.2) is 148 Å². The predicted molar refractivity (Wildman–Crippen MR) is 186 cm³/mol. The monoisotopic (exact) mass is 733 g/mol. The van der Waals surface area contributed by atoms with Gasteiger partial charge >= 0.3 is 5.97 Å². The number of cyclic esters (lactones) is 1. The number of methoxy groups -OCH3 is 1. The Labute approximate surface area is 304 Å². The minimum Gasteiger partial charge on any atom is -0.459 e. The fourth-order valence-electron chi connectivity index (χ4n) is 8.41. The molecular formula is C37H67NO13. The Morgan fingerprint density at radius 2 is 1.49 bits per heavy atom. The van der Waals surface area contributed by atoms with Crippen LogP contribution in [0, 0.1) is 23.7 Å². The molecular weight excluding hydrogens is 666 g/mol. The molecule has 0 radical (unpaired) electrons. The highest BCUT2D eigenvalue weighted by atomic mass is 16.7. The maximum absolute atomic E-state index is 14.1. The number of rotatable bonds is 7. The summed E-state index contributed by atoms with van der Waals surface area (Å²) in [5.74, 6) is -4.98. The minimum atomic E-state index is -1.99. The highest BCUT2D eigenvalue weighted by Gasteiger charge is 2.53. The molecule has 3 saturated heterocycles. The summed E-state index contributed by atoms with van der Waals surface area (Å²) >= 11 is 0. The first-order valence-corrected chi connectivity index (χ1v) is 18.5. The molecule has 51 heavy (non-hydrogen) atoms. The number of aliphatic hydroxyl groups is 5.